The molecular weight excluding hydrogens is 210 g/mol. The Morgan fingerprint density at radius 2 is 2.13 bits per heavy atom. The van der Waals surface area contributed by atoms with Gasteiger partial charge in [0.15, 0.2) is 0 Å². The van der Waals surface area contributed by atoms with E-state index in [2.05, 4.69) is 26.9 Å². The van der Waals surface area contributed by atoms with Crippen molar-refractivity contribution in [1.82, 2.24) is 14.8 Å². The van der Waals surface area contributed by atoms with E-state index < -0.39 is 0 Å². The maximum Gasteiger partial charge on any atom is 0.319 e. The molecule has 1 aromatic heterocycles. The molecule has 0 atom stereocenters. The van der Waals surface area contributed by atoms with Gasteiger partial charge >= 0.3 is 5.19 Å². The van der Waals surface area contributed by atoms with Gasteiger partial charge < -0.3 is 4.74 Å². The number of ether oxygens (including phenoxy) is 1. The Labute approximate surface area is 91.1 Å². The molecule has 3 rings (SSSR count). The first-order valence-corrected chi connectivity index (χ1v) is 5.64. The Morgan fingerprint density at radius 1 is 1.20 bits per heavy atom. The van der Waals surface area contributed by atoms with Crippen molar-refractivity contribution in [3.05, 3.63) is 29.3 Å². The summed E-state index contributed by atoms with van der Waals surface area (Å²) in [6.07, 6.45) is 3.59. The number of aromatic nitrogens is 3. The normalized spacial score (nSPS) is 13.9. The van der Waals surface area contributed by atoms with E-state index in [1.807, 2.05) is 6.07 Å². The second kappa shape index (κ2) is 3.58. The molecule has 15 heavy (non-hydrogen) atoms. The van der Waals surface area contributed by atoms with Gasteiger partial charge in [-0.3, -0.25) is 0 Å². The Balaban J connectivity index is 1.87. The highest BCUT2D eigenvalue weighted by atomic mass is 32.1. The van der Waals surface area contributed by atoms with Crippen LogP contribution in [0.3, 0.4) is 0 Å². The van der Waals surface area contributed by atoms with Gasteiger partial charge in [0.1, 0.15) is 5.75 Å². The van der Waals surface area contributed by atoms with Crippen molar-refractivity contribution >= 4 is 11.5 Å². The molecule has 0 aliphatic heterocycles. The zero-order valence-corrected chi connectivity index (χ0v) is 8.83. The van der Waals surface area contributed by atoms with Crippen molar-refractivity contribution in [2.75, 3.05) is 0 Å². The molecule has 0 amide bonds. The lowest BCUT2D eigenvalue weighted by Gasteiger charge is -2.03. The van der Waals surface area contributed by atoms with Crippen LogP contribution < -0.4 is 4.74 Å². The topological polar surface area (TPSA) is 47.9 Å². The van der Waals surface area contributed by atoms with E-state index in [9.17, 15) is 0 Å². The number of benzene rings is 1. The molecule has 0 bridgehead atoms. The van der Waals surface area contributed by atoms with Gasteiger partial charge in [-0.15, -0.1) is 0 Å². The summed E-state index contributed by atoms with van der Waals surface area (Å²) in [4.78, 5) is 0. The first kappa shape index (κ1) is 8.79. The van der Waals surface area contributed by atoms with Crippen LogP contribution >= 0.6 is 11.5 Å². The van der Waals surface area contributed by atoms with Crippen molar-refractivity contribution in [3.63, 3.8) is 0 Å². The fourth-order valence-corrected chi connectivity index (χ4v) is 2.23. The second-order valence-electron chi connectivity index (χ2n) is 3.51. The minimum absolute atomic E-state index is 0.493. The molecule has 1 aliphatic carbocycles. The lowest BCUT2D eigenvalue weighted by Crippen LogP contribution is -1.87. The molecule has 2 aromatic rings. The van der Waals surface area contributed by atoms with Crippen LogP contribution in [0, 0.1) is 0 Å². The number of hydrogen-bond acceptors (Lipinski definition) is 5. The Bertz CT molecular complexity index is 470. The number of hydrogen-bond donors (Lipinski definition) is 0. The highest BCUT2D eigenvalue weighted by Crippen LogP contribution is 2.28. The standard InChI is InChI=1S/C10H9N3OS/c1-2-7-4-5-9(6-8(7)3-1)14-10-11-12-13-15-10/h4-6H,1-3H2. The average molecular weight is 219 g/mol. The van der Waals surface area contributed by atoms with E-state index in [0.717, 1.165) is 23.7 Å². The van der Waals surface area contributed by atoms with Crippen molar-refractivity contribution in [1.29, 1.82) is 0 Å². The molecule has 5 heteroatoms. The van der Waals surface area contributed by atoms with Crippen LogP contribution in [0.1, 0.15) is 17.5 Å². The van der Waals surface area contributed by atoms with Gasteiger partial charge in [0.05, 0.1) is 0 Å². The smallest absolute Gasteiger partial charge is 0.319 e. The summed E-state index contributed by atoms with van der Waals surface area (Å²) in [5.74, 6) is 0.828. The van der Waals surface area contributed by atoms with E-state index in [4.69, 9.17) is 4.74 Å². The summed E-state index contributed by atoms with van der Waals surface area (Å²) >= 11 is 1.16. The van der Waals surface area contributed by atoms with Crippen LogP contribution in [0.15, 0.2) is 18.2 Å². The summed E-state index contributed by atoms with van der Waals surface area (Å²) in [6, 6.07) is 6.20. The Hall–Kier alpha value is -1.49. The molecule has 0 unspecified atom stereocenters. The second-order valence-corrected chi connectivity index (χ2v) is 4.21. The van der Waals surface area contributed by atoms with E-state index in [-0.39, 0.29) is 0 Å². The largest absolute Gasteiger partial charge is 0.429 e. The Morgan fingerprint density at radius 3 is 3.00 bits per heavy atom. The SMILES string of the molecule is c1cc2c(cc1Oc1nnns1)CCC2. The first-order valence-electron chi connectivity index (χ1n) is 4.86. The fourth-order valence-electron chi connectivity index (χ4n) is 1.88. The molecule has 0 radical (unpaired) electrons. The molecular formula is C10H9N3OS. The highest BCUT2D eigenvalue weighted by molar-refractivity contribution is 7.07. The fraction of sp³-hybridized carbons (Fsp3) is 0.300. The molecule has 0 fully saturated rings. The number of aryl methyl sites for hydroxylation is 2. The van der Waals surface area contributed by atoms with Crippen LogP contribution in [0.2, 0.25) is 0 Å². The van der Waals surface area contributed by atoms with Gasteiger partial charge in [-0.1, -0.05) is 15.7 Å². The van der Waals surface area contributed by atoms with Crippen molar-refractivity contribution in [3.8, 4) is 10.9 Å². The third kappa shape index (κ3) is 1.70. The quantitative estimate of drug-likeness (QED) is 0.777. The van der Waals surface area contributed by atoms with Gasteiger partial charge in [-0.05, 0) is 47.7 Å². The molecule has 1 aliphatic rings. The van der Waals surface area contributed by atoms with Gasteiger partial charge in [0, 0.05) is 11.5 Å². The van der Waals surface area contributed by atoms with Crippen molar-refractivity contribution in [2.45, 2.75) is 19.3 Å². The van der Waals surface area contributed by atoms with Crippen LogP contribution in [-0.4, -0.2) is 14.8 Å². The summed E-state index contributed by atoms with van der Waals surface area (Å²) in [7, 11) is 0. The monoisotopic (exact) mass is 219 g/mol. The summed E-state index contributed by atoms with van der Waals surface area (Å²) in [5, 5.41) is 7.72. The van der Waals surface area contributed by atoms with Crippen LogP contribution in [0.25, 0.3) is 0 Å². The summed E-state index contributed by atoms with van der Waals surface area (Å²) < 4.78 is 9.17. The predicted molar refractivity (Wildman–Crippen MR) is 56.2 cm³/mol. The molecule has 0 spiro atoms. The average Bonchev–Trinajstić information content (AvgIpc) is 2.87. The molecule has 1 aromatic carbocycles. The van der Waals surface area contributed by atoms with Crippen LogP contribution in [0.4, 0.5) is 0 Å². The first-order chi connectivity index (χ1) is 7.42. The third-order valence-corrected chi connectivity index (χ3v) is 3.03. The van der Waals surface area contributed by atoms with Crippen LogP contribution in [0.5, 0.6) is 10.9 Å². The molecule has 1 heterocycles. The molecule has 0 saturated heterocycles. The zero-order valence-electron chi connectivity index (χ0n) is 8.01. The summed E-state index contributed by atoms with van der Waals surface area (Å²) in [5.41, 5.74) is 2.84. The highest BCUT2D eigenvalue weighted by Gasteiger charge is 2.12. The van der Waals surface area contributed by atoms with E-state index in [1.54, 1.807) is 0 Å². The maximum atomic E-state index is 5.53. The summed E-state index contributed by atoms with van der Waals surface area (Å²) in [6.45, 7) is 0. The van der Waals surface area contributed by atoms with Crippen molar-refractivity contribution in [2.24, 2.45) is 0 Å². The number of nitrogens with zero attached hydrogens (tertiary/aromatic N) is 3. The minimum atomic E-state index is 0.493. The molecule has 0 saturated carbocycles. The molecule has 76 valence electrons. The number of fused-ring (bicyclic) bond motifs is 1. The van der Waals surface area contributed by atoms with Crippen molar-refractivity contribution < 1.29 is 4.74 Å². The third-order valence-electron chi connectivity index (χ3n) is 2.56. The van der Waals surface area contributed by atoms with Crippen LogP contribution in [-0.2, 0) is 12.8 Å². The van der Waals surface area contributed by atoms with Gasteiger partial charge in [-0.2, -0.15) is 0 Å². The van der Waals surface area contributed by atoms with E-state index in [1.165, 1.54) is 24.0 Å². The maximum absolute atomic E-state index is 5.53. The molecule has 4 nitrogen and oxygen atoms in total. The van der Waals surface area contributed by atoms with E-state index in [0.29, 0.717) is 5.19 Å². The minimum Gasteiger partial charge on any atom is -0.429 e. The van der Waals surface area contributed by atoms with E-state index >= 15 is 0 Å². The Kier molecular flexibility index (Phi) is 2.10. The predicted octanol–water partition coefficient (Wildman–Crippen LogP) is 2.21. The van der Waals surface area contributed by atoms with Gasteiger partial charge in [0.2, 0.25) is 0 Å². The number of rotatable bonds is 2. The zero-order chi connectivity index (χ0) is 10.1. The molecule has 0 N–H and O–H groups in total. The van der Waals surface area contributed by atoms with Gasteiger partial charge in [0.25, 0.3) is 0 Å². The van der Waals surface area contributed by atoms with Gasteiger partial charge in [-0.25, -0.2) is 0 Å². The lowest BCUT2D eigenvalue weighted by molar-refractivity contribution is 0.472. The lowest BCUT2D eigenvalue weighted by atomic mass is 10.1.